The van der Waals surface area contributed by atoms with Crippen molar-refractivity contribution in [1.29, 1.82) is 0 Å². The predicted molar refractivity (Wildman–Crippen MR) is 72.0 cm³/mol. The van der Waals surface area contributed by atoms with E-state index in [0.717, 1.165) is 17.7 Å². The molecule has 0 radical (unpaired) electrons. The maximum atomic E-state index is 11.6. The molecule has 2 fully saturated rings. The molecule has 1 saturated carbocycles. The molecule has 0 unspecified atom stereocenters. The van der Waals surface area contributed by atoms with Crippen molar-refractivity contribution in [2.24, 2.45) is 5.92 Å². The average Bonchev–Trinajstić information content (AvgIpc) is 3.01. The van der Waals surface area contributed by atoms with Gasteiger partial charge in [0.1, 0.15) is 0 Å². The van der Waals surface area contributed by atoms with Crippen molar-refractivity contribution >= 4 is 46.1 Å². The van der Waals surface area contributed by atoms with E-state index in [0.29, 0.717) is 15.9 Å². The Balaban J connectivity index is 1.69. The minimum absolute atomic E-state index is 0.0445. The van der Waals surface area contributed by atoms with Gasteiger partial charge in [0.05, 0.1) is 15.7 Å². The zero-order chi connectivity index (χ0) is 12.5. The van der Waals surface area contributed by atoms with Crippen LogP contribution in [0.3, 0.4) is 0 Å². The van der Waals surface area contributed by atoms with E-state index in [-0.39, 0.29) is 17.7 Å². The summed E-state index contributed by atoms with van der Waals surface area (Å²) in [6.45, 7) is 0. The van der Waals surface area contributed by atoms with E-state index in [1.54, 1.807) is 12.3 Å². The first-order chi connectivity index (χ1) is 8.72. The lowest BCUT2D eigenvalue weighted by atomic mass is 10.4. The third-order valence-corrected chi connectivity index (χ3v) is 4.42. The van der Waals surface area contributed by atoms with Crippen LogP contribution in [0.15, 0.2) is 11.1 Å². The average molecular weight is 281 g/mol. The van der Waals surface area contributed by atoms with Crippen LogP contribution < -0.4 is 10.6 Å². The van der Waals surface area contributed by atoms with Gasteiger partial charge in [0, 0.05) is 12.1 Å². The molecule has 2 heterocycles. The van der Waals surface area contributed by atoms with Gasteiger partial charge in [-0.25, -0.2) is 4.98 Å². The number of rotatable bonds is 3. The predicted octanol–water partition coefficient (Wildman–Crippen LogP) is 1.65. The third-order valence-electron chi connectivity index (χ3n) is 2.66. The molecule has 0 bridgehead atoms. The Hall–Kier alpha value is -1.34. The highest BCUT2D eigenvalue weighted by Gasteiger charge is 2.30. The number of carbonyl (C=O) groups is 2. The lowest BCUT2D eigenvalue weighted by molar-refractivity contribution is -0.117. The van der Waals surface area contributed by atoms with Crippen LogP contribution in [0.25, 0.3) is 6.08 Å². The topological polar surface area (TPSA) is 71.1 Å². The van der Waals surface area contributed by atoms with E-state index < -0.39 is 0 Å². The molecule has 0 spiro atoms. The lowest BCUT2D eigenvalue weighted by Gasteiger charge is -1.97. The molecule has 1 aromatic heterocycles. The molecule has 0 atom stereocenters. The van der Waals surface area contributed by atoms with E-state index in [4.69, 9.17) is 0 Å². The minimum Gasteiger partial charge on any atom is -0.342 e. The van der Waals surface area contributed by atoms with Gasteiger partial charge in [0.15, 0.2) is 5.13 Å². The summed E-state index contributed by atoms with van der Waals surface area (Å²) in [5, 5.41) is 6.11. The van der Waals surface area contributed by atoms with E-state index in [1.165, 1.54) is 23.1 Å². The maximum Gasteiger partial charge on any atom is 0.258 e. The fourth-order valence-corrected chi connectivity index (χ4v) is 3.14. The van der Waals surface area contributed by atoms with E-state index in [2.05, 4.69) is 15.6 Å². The zero-order valence-corrected chi connectivity index (χ0v) is 11.1. The molecule has 1 aromatic rings. The van der Waals surface area contributed by atoms with Crippen LogP contribution in [0.4, 0.5) is 5.13 Å². The number of aromatic nitrogens is 1. The first-order valence-electron chi connectivity index (χ1n) is 5.62. The fraction of sp³-hybridized carbons (Fsp3) is 0.364. The van der Waals surface area contributed by atoms with Gasteiger partial charge < -0.3 is 10.6 Å². The Kier molecular flexibility index (Phi) is 3.09. The number of thiazole rings is 1. The van der Waals surface area contributed by atoms with Crippen molar-refractivity contribution in [3.8, 4) is 0 Å². The Morgan fingerprint density at radius 1 is 1.56 bits per heavy atom. The standard InChI is InChI=1S/C11H11N3O2S2/c15-9(6-1-2-6)14-11-12-4-7(18-11)3-8-10(16)13-5-17-8/h3-4,6H,1-2,5H2,(H,13,16)(H,12,14,15). The molecule has 2 amide bonds. The minimum atomic E-state index is -0.0445. The molecule has 2 N–H and O–H groups in total. The van der Waals surface area contributed by atoms with Crippen LogP contribution in [0.2, 0.25) is 0 Å². The number of hydrogen-bond acceptors (Lipinski definition) is 5. The van der Waals surface area contributed by atoms with Gasteiger partial charge in [-0.05, 0) is 18.9 Å². The lowest BCUT2D eigenvalue weighted by Crippen LogP contribution is -2.13. The molecule has 3 rings (SSSR count). The summed E-state index contributed by atoms with van der Waals surface area (Å²) in [5.41, 5.74) is 0. The van der Waals surface area contributed by atoms with Gasteiger partial charge in [-0.1, -0.05) is 23.1 Å². The highest BCUT2D eigenvalue weighted by Crippen LogP contribution is 2.31. The van der Waals surface area contributed by atoms with Crippen LogP contribution >= 0.6 is 23.1 Å². The Labute approximate surface area is 112 Å². The van der Waals surface area contributed by atoms with Gasteiger partial charge >= 0.3 is 0 Å². The first kappa shape index (κ1) is 11.7. The molecule has 1 aliphatic carbocycles. The van der Waals surface area contributed by atoms with Crippen molar-refractivity contribution < 1.29 is 9.59 Å². The molecule has 1 aliphatic heterocycles. The first-order valence-corrected chi connectivity index (χ1v) is 7.42. The van der Waals surface area contributed by atoms with Crippen molar-refractivity contribution in [3.05, 3.63) is 16.0 Å². The molecular formula is C11H11N3O2S2. The second kappa shape index (κ2) is 4.74. The maximum absolute atomic E-state index is 11.6. The molecule has 2 aliphatic rings. The molecule has 18 heavy (non-hydrogen) atoms. The normalized spacial score (nSPS) is 21.1. The highest BCUT2D eigenvalue weighted by atomic mass is 32.2. The summed E-state index contributed by atoms with van der Waals surface area (Å²) in [6, 6.07) is 0. The largest absolute Gasteiger partial charge is 0.342 e. The summed E-state index contributed by atoms with van der Waals surface area (Å²) < 4.78 is 0. The van der Waals surface area contributed by atoms with Gasteiger partial charge in [-0.3, -0.25) is 9.59 Å². The number of hydrogen-bond donors (Lipinski definition) is 2. The van der Waals surface area contributed by atoms with Crippen LogP contribution in [-0.4, -0.2) is 22.7 Å². The van der Waals surface area contributed by atoms with Crippen LogP contribution in [0.5, 0.6) is 0 Å². The number of thioether (sulfide) groups is 1. The van der Waals surface area contributed by atoms with Crippen LogP contribution in [0, 0.1) is 5.92 Å². The Bertz CT molecular complexity index is 534. The summed E-state index contributed by atoms with van der Waals surface area (Å²) in [6.07, 6.45) is 5.43. The van der Waals surface area contributed by atoms with Crippen molar-refractivity contribution in [2.75, 3.05) is 11.2 Å². The Morgan fingerprint density at radius 2 is 2.39 bits per heavy atom. The summed E-state index contributed by atoms with van der Waals surface area (Å²) in [5.74, 6) is 0.801. The second-order valence-electron chi connectivity index (χ2n) is 4.13. The molecule has 5 nitrogen and oxygen atoms in total. The smallest absolute Gasteiger partial charge is 0.258 e. The highest BCUT2D eigenvalue weighted by molar-refractivity contribution is 8.04. The van der Waals surface area contributed by atoms with E-state index in [1.807, 2.05) is 0 Å². The number of amides is 2. The summed E-state index contributed by atoms with van der Waals surface area (Å²) >= 11 is 2.86. The molecule has 1 saturated heterocycles. The molecule has 94 valence electrons. The quantitative estimate of drug-likeness (QED) is 0.827. The zero-order valence-electron chi connectivity index (χ0n) is 9.43. The number of carbonyl (C=O) groups excluding carboxylic acids is 2. The molecular weight excluding hydrogens is 270 g/mol. The van der Waals surface area contributed by atoms with Crippen LogP contribution in [0.1, 0.15) is 17.7 Å². The van der Waals surface area contributed by atoms with Gasteiger partial charge in [-0.2, -0.15) is 0 Å². The summed E-state index contributed by atoms with van der Waals surface area (Å²) in [7, 11) is 0. The second-order valence-corrected chi connectivity index (χ2v) is 6.21. The number of nitrogens with one attached hydrogen (secondary N) is 2. The number of anilines is 1. The molecule has 7 heteroatoms. The van der Waals surface area contributed by atoms with Gasteiger partial charge in [-0.15, -0.1) is 0 Å². The summed E-state index contributed by atoms with van der Waals surface area (Å²) in [4.78, 5) is 28.6. The third kappa shape index (κ3) is 2.56. The van der Waals surface area contributed by atoms with Gasteiger partial charge in [0.2, 0.25) is 5.91 Å². The van der Waals surface area contributed by atoms with Crippen LogP contribution in [-0.2, 0) is 9.59 Å². The van der Waals surface area contributed by atoms with E-state index in [9.17, 15) is 9.59 Å². The Morgan fingerprint density at radius 3 is 3.06 bits per heavy atom. The van der Waals surface area contributed by atoms with Crippen molar-refractivity contribution in [3.63, 3.8) is 0 Å². The fourth-order valence-electron chi connectivity index (χ4n) is 1.53. The monoisotopic (exact) mass is 281 g/mol. The SMILES string of the molecule is O=C1NCSC1=Cc1cnc(NC(=O)C2CC2)s1. The van der Waals surface area contributed by atoms with E-state index >= 15 is 0 Å². The van der Waals surface area contributed by atoms with Crippen molar-refractivity contribution in [2.45, 2.75) is 12.8 Å². The number of nitrogens with zero attached hydrogens (tertiary/aromatic N) is 1. The molecule has 0 aromatic carbocycles. The van der Waals surface area contributed by atoms with Gasteiger partial charge in [0.25, 0.3) is 5.91 Å². The van der Waals surface area contributed by atoms with Crippen molar-refractivity contribution in [1.82, 2.24) is 10.3 Å².